The van der Waals surface area contributed by atoms with Crippen molar-refractivity contribution in [3.63, 3.8) is 0 Å². The van der Waals surface area contributed by atoms with Gasteiger partial charge in [-0.25, -0.2) is 9.97 Å². The summed E-state index contributed by atoms with van der Waals surface area (Å²) in [6, 6.07) is 3.69. The third-order valence-corrected chi connectivity index (χ3v) is 5.32. The molecule has 3 heterocycles. The van der Waals surface area contributed by atoms with Crippen LogP contribution in [-0.2, 0) is 6.42 Å². The van der Waals surface area contributed by atoms with E-state index in [1.807, 2.05) is 0 Å². The lowest BCUT2D eigenvalue weighted by Crippen LogP contribution is -2.43. The first-order valence-electron chi connectivity index (χ1n) is 8.08. The van der Waals surface area contributed by atoms with Crippen LogP contribution in [0, 0.1) is 0 Å². The van der Waals surface area contributed by atoms with E-state index < -0.39 is 0 Å². The normalized spacial score (nSPS) is 20.3. The Kier molecular flexibility index (Phi) is 3.55. The van der Waals surface area contributed by atoms with Crippen LogP contribution in [-0.4, -0.2) is 35.1 Å². The number of hydrogen-bond donors (Lipinski definition) is 1. The molecular weight excluding hydrogens is 280 g/mol. The van der Waals surface area contributed by atoms with E-state index in [1.165, 1.54) is 31.1 Å². The third-order valence-electron chi connectivity index (χ3n) is 4.51. The molecule has 5 heteroatoms. The molecular formula is C16H22N4S. The maximum atomic E-state index is 4.81. The fourth-order valence-corrected chi connectivity index (χ4v) is 3.90. The summed E-state index contributed by atoms with van der Waals surface area (Å²) in [6.45, 7) is 4.34. The van der Waals surface area contributed by atoms with Gasteiger partial charge in [-0.3, -0.25) is 0 Å². The van der Waals surface area contributed by atoms with E-state index in [9.17, 15) is 0 Å². The highest BCUT2D eigenvalue weighted by Gasteiger charge is 2.28. The second-order valence-corrected chi connectivity index (χ2v) is 7.05. The highest BCUT2D eigenvalue weighted by Crippen LogP contribution is 2.30. The summed E-state index contributed by atoms with van der Waals surface area (Å²) in [5.74, 6) is 2.13. The van der Waals surface area contributed by atoms with Gasteiger partial charge in [0.1, 0.15) is 16.5 Å². The number of nitrogens with zero attached hydrogens (tertiary/aromatic N) is 3. The van der Waals surface area contributed by atoms with Gasteiger partial charge >= 0.3 is 0 Å². The topological polar surface area (TPSA) is 41.1 Å². The van der Waals surface area contributed by atoms with Crippen LogP contribution < -0.4 is 10.2 Å². The molecule has 1 saturated carbocycles. The second kappa shape index (κ2) is 5.54. The zero-order valence-corrected chi connectivity index (χ0v) is 13.3. The lowest BCUT2D eigenvalue weighted by Gasteiger charge is -2.33. The average Bonchev–Trinajstić information content (AvgIpc) is 3.21. The fraction of sp³-hybridized carbons (Fsp3) is 0.625. The van der Waals surface area contributed by atoms with E-state index in [1.54, 1.807) is 11.3 Å². The maximum absolute atomic E-state index is 4.81. The lowest BCUT2D eigenvalue weighted by atomic mass is 10.0. The highest BCUT2D eigenvalue weighted by atomic mass is 32.1. The quantitative estimate of drug-likeness (QED) is 0.943. The molecule has 4 rings (SSSR count). The number of fused-ring (bicyclic) bond motifs is 1. The molecule has 1 aliphatic heterocycles. The van der Waals surface area contributed by atoms with E-state index >= 15 is 0 Å². The van der Waals surface area contributed by atoms with Crippen LogP contribution >= 0.6 is 11.3 Å². The molecule has 0 radical (unpaired) electrons. The average molecular weight is 302 g/mol. The summed E-state index contributed by atoms with van der Waals surface area (Å²) in [6.07, 6.45) is 6.12. The summed E-state index contributed by atoms with van der Waals surface area (Å²) in [5.41, 5.74) is 0. The Morgan fingerprint density at radius 1 is 1.19 bits per heavy atom. The number of piperidine rings is 1. The molecule has 4 nitrogen and oxygen atoms in total. The number of rotatable bonds is 4. The van der Waals surface area contributed by atoms with Gasteiger partial charge in [0.05, 0.1) is 5.39 Å². The van der Waals surface area contributed by atoms with Crippen LogP contribution in [0.3, 0.4) is 0 Å². The first-order chi connectivity index (χ1) is 10.3. The molecule has 2 fully saturated rings. The molecule has 1 N–H and O–H groups in total. The van der Waals surface area contributed by atoms with Gasteiger partial charge < -0.3 is 10.2 Å². The number of aromatic nitrogens is 2. The minimum atomic E-state index is 0.708. The molecule has 0 spiro atoms. The Morgan fingerprint density at radius 2 is 1.95 bits per heavy atom. The molecule has 2 aromatic heterocycles. The number of anilines is 1. The summed E-state index contributed by atoms with van der Waals surface area (Å²) in [4.78, 5) is 13.0. The molecule has 112 valence electrons. The smallest absolute Gasteiger partial charge is 0.141 e. The fourth-order valence-electron chi connectivity index (χ4n) is 3.12. The van der Waals surface area contributed by atoms with Crippen molar-refractivity contribution in [2.24, 2.45) is 0 Å². The number of nitrogens with one attached hydrogen (secondary N) is 1. The zero-order valence-electron chi connectivity index (χ0n) is 12.5. The Balaban J connectivity index is 1.54. The summed E-state index contributed by atoms with van der Waals surface area (Å²) in [5, 5.41) is 7.12. The monoisotopic (exact) mass is 302 g/mol. The van der Waals surface area contributed by atoms with Gasteiger partial charge in [-0.1, -0.05) is 6.92 Å². The summed E-state index contributed by atoms with van der Waals surface area (Å²) in [7, 11) is 0. The summed E-state index contributed by atoms with van der Waals surface area (Å²) >= 11 is 1.72. The van der Waals surface area contributed by atoms with Crippen LogP contribution in [0.4, 0.5) is 5.82 Å². The highest BCUT2D eigenvalue weighted by molar-refractivity contribution is 7.16. The number of thiophene rings is 1. The van der Waals surface area contributed by atoms with Crippen molar-refractivity contribution >= 4 is 27.4 Å². The zero-order chi connectivity index (χ0) is 14.2. The van der Waals surface area contributed by atoms with Gasteiger partial charge in [0, 0.05) is 31.6 Å². The first-order valence-corrected chi connectivity index (χ1v) is 8.96. The van der Waals surface area contributed by atoms with Crippen molar-refractivity contribution in [3.05, 3.63) is 17.3 Å². The minimum absolute atomic E-state index is 0.708. The van der Waals surface area contributed by atoms with Crippen LogP contribution in [0.15, 0.2) is 11.4 Å². The number of aryl methyl sites for hydroxylation is 1. The third kappa shape index (κ3) is 2.77. The van der Waals surface area contributed by atoms with Crippen molar-refractivity contribution in [2.75, 3.05) is 18.0 Å². The predicted molar refractivity (Wildman–Crippen MR) is 88.2 cm³/mol. The van der Waals surface area contributed by atoms with Crippen LogP contribution in [0.5, 0.6) is 0 Å². The molecule has 0 unspecified atom stereocenters. The largest absolute Gasteiger partial charge is 0.356 e. The summed E-state index contributed by atoms with van der Waals surface area (Å²) < 4.78 is 0. The van der Waals surface area contributed by atoms with Crippen LogP contribution in [0.2, 0.25) is 0 Å². The standard InChI is InChI=1S/C16H22N4S/c1-2-14-18-15(13-7-10-21-16(13)19-14)20-8-5-12(6-9-20)17-11-3-4-11/h7,10-12,17H,2-6,8-9H2,1H3. The van der Waals surface area contributed by atoms with Gasteiger partial charge in [-0.2, -0.15) is 0 Å². The van der Waals surface area contributed by atoms with Gasteiger partial charge in [-0.15, -0.1) is 11.3 Å². The molecule has 0 aromatic carbocycles. The van der Waals surface area contributed by atoms with Gasteiger partial charge in [0.15, 0.2) is 0 Å². The molecule has 1 aliphatic carbocycles. The van der Waals surface area contributed by atoms with Crippen molar-refractivity contribution < 1.29 is 0 Å². The van der Waals surface area contributed by atoms with Gasteiger partial charge in [0.25, 0.3) is 0 Å². The van der Waals surface area contributed by atoms with Crippen molar-refractivity contribution in [1.29, 1.82) is 0 Å². The van der Waals surface area contributed by atoms with E-state index in [0.29, 0.717) is 6.04 Å². The maximum Gasteiger partial charge on any atom is 0.141 e. The Labute approximate surface area is 129 Å². The molecule has 2 aromatic rings. The minimum Gasteiger partial charge on any atom is -0.356 e. The Morgan fingerprint density at radius 3 is 2.67 bits per heavy atom. The van der Waals surface area contributed by atoms with E-state index in [4.69, 9.17) is 4.98 Å². The van der Waals surface area contributed by atoms with E-state index in [2.05, 4.69) is 33.6 Å². The lowest BCUT2D eigenvalue weighted by molar-refractivity contribution is 0.412. The SMILES string of the molecule is CCc1nc(N2CCC(NC3CC3)CC2)c2ccsc2n1. The van der Waals surface area contributed by atoms with Crippen molar-refractivity contribution in [2.45, 2.75) is 51.1 Å². The molecule has 1 saturated heterocycles. The van der Waals surface area contributed by atoms with E-state index in [0.717, 1.165) is 42.0 Å². The molecule has 2 aliphatic rings. The Bertz CT molecular complexity index is 626. The van der Waals surface area contributed by atoms with E-state index in [-0.39, 0.29) is 0 Å². The molecule has 0 bridgehead atoms. The predicted octanol–water partition coefficient (Wildman–Crippen LogP) is 2.97. The van der Waals surface area contributed by atoms with Crippen LogP contribution in [0.1, 0.15) is 38.4 Å². The second-order valence-electron chi connectivity index (χ2n) is 6.16. The van der Waals surface area contributed by atoms with Gasteiger partial charge in [0.2, 0.25) is 0 Å². The van der Waals surface area contributed by atoms with Crippen molar-refractivity contribution in [3.8, 4) is 0 Å². The van der Waals surface area contributed by atoms with Crippen LogP contribution in [0.25, 0.3) is 10.2 Å². The molecule has 0 amide bonds. The first kappa shape index (κ1) is 13.5. The molecule has 0 atom stereocenters. The Hall–Kier alpha value is -1.20. The molecule has 21 heavy (non-hydrogen) atoms. The van der Waals surface area contributed by atoms with Crippen molar-refractivity contribution in [1.82, 2.24) is 15.3 Å². The van der Waals surface area contributed by atoms with Gasteiger partial charge in [-0.05, 0) is 37.1 Å². The number of hydrogen-bond acceptors (Lipinski definition) is 5.